The summed E-state index contributed by atoms with van der Waals surface area (Å²) in [5.41, 5.74) is 4.01. The van der Waals surface area contributed by atoms with Crippen molar-refractivity contribution in [1.29, 1.82) is 0 Å². The summed E-state index contributed by atoms with van der Waals surface area (Å²) in [4.78, 5) is 6.43. The fourth-order valence-corrected chi connectivity index (χ4v) is 2.61. The van der Waals surface area contributed by atoms with Crippen molar-refractivity contribution in [1.82, 2.24) is 9.88 Å². The molecule has 0 saturated carbocycles. The van der Waals surface area contributed by atoms with Gasteiger partial charge in [0.15, 0.2) is 0 Å². The van der Waals surface area contributed by atoms with E-state index >= 15 is 0 Å². The Hall–Kier alpha value is -0.610. The van der Waals surface area contributed by atoms with E-state index in [1.165, 1.54) is 0 Å². The molecule has 2 rings (SSSR count). The zero-order chi connectivity index (χ0) is 12.3. The van der Waals surface area contributed by atoms with Gasteiger partial charge >= 0.3 is 0 Å². The molecule has 0 bridgehead atoms. The fourth-order valence-electron chi connectivity index (χ4n) is 1.59. The van der Waals surface area contributed by atoms with Gasteiger partial charge in [-0.1, -0.05) is 29.3 Å². The number of hydrogen-bond donors (Lipinski definition) is 0. The molecule has 2 aromatic rings. The van der Waals surface area contributed by atoms with Crippen LogP contribution in [0.25, 0.3) is 0 Å². The van der Waals surface area contributed by atoms with E-state index in [-0.39, 0.29) is 0 Å². The molecule has 0 aliphatic heterocycles. The van der Waals surface area contributed by atoms with Crippen LogP contribution in [0.4, 0.5) is 0 Å². The van der Waals surface area contributed by atoms with Crippen LogP contribution in [0.5, 0.6) is 0 Å². The number of benzene rings is 1. The van der Waals surface area contributed by atoms with Gasteiger partial charge in [-0.25, -0.2) is 4.98 Å². The predicted octanol–water partition coefficient (Wildman–Crippen LogP) is 4.08. The first kappa shape index (κ1) is 12.8. The standard InChI is InChI=1S/C12H12Cl2N2S/c1-16(6-11-7-17-8-15-11)5-9-2-3-10(13)4-12(9)14/h2-4,7-8H,5-6H2,1H3. The molecule has 17 heavy (non-hydrogen) atoms. The highest BCUT2D eigenvalue weighted by atomic mass is 35.5. The Morgan fingerprint density at radius 3 is 2.76 bits per heavy atom. The lowest BCUT2D eigenvalue weighted by Crippen LogP contribution is -2.17. The SMILES string of the molecule is CN(Cc1cscn1)Cc1ccc(Cl)cc1Cl. The number of hydrogen-bond acceptors (Lipinski definition) is 3. The van der Waals surface area contributed by atoms with E-state index in [0.717, 1.165) is 24.3 Å². The average Bonchev–Trinajstić information content (AvgIpc) is 2.75. The van der Waals surface area contributed by atoms with Gasteiger partial charge < -0.3 is 0 Å². The van der Waals surface area contributed by atoms with Crippen LogP contribution in [0.15, 0.2) is 29.1 Å². The van der Waals surface area contributed by atoms with E-state index in [0.29, 0.717) is 10.0 Å². The molecule has 1 heterocycles. The Kier molecular flexibility index (Phi) is 4.40. The van der Waals surface area contributed by atoms with Gasteiger partial charge in [0.1, 0.15) is 0 Å². The van der Waals surface area contributed by atoms with Crippen LogP contribution in [0.3, 0.4) is 0 Å². The molecule has 1 aromatic carbocycles. The highest BCUT2D eigenvalue weighted by molar-refractivity contribution is 7.07. The zero-order valence-corrected chi connectivity index (χ0v) is 11.7. The molecular weight excluding hydrogens is 275 g/mol. The van der Waals surface area contributed by atoms with E-state index in [2.05, 4.69) is 15.3 Å². The maximum absolute atomic E-state index is 6.13. The molecule has 2 nitrogen and oxygen atoms in total. The number of rotatable bonds is 4. The van der Waals surface area contributed by atoms with Gasteiger partial charge in [-0.2, -0.15) is 0 Å². The normalized spacial score (nSPS) is 11.1. The Bertz CT molecular complexity index is 485. The molecule has 0 radical (unpaired) electrons. The van der Waals surface area contributed by atoms with Crippen molar-refractivity contribution in [3.8, 4) is 0 Å². The topological polar surface area (TPSA) is 16.1 Å². The van der Waals surface area contributed by atoms with E-state index < -0.39 is 0 Å². The Labute approximate surface area is 115 Å². The number of aromatic nitrogens is 1. The van der Waals surface area contributed by atoms with Crippen molar-refractivity contribution in [2.45, 2.75) is 13.1 Å². The molecule has 0 fully saturated rings. The minimum atomic E-state index is 0.668. The molecule has 0 N–H and O–H groups in total. The lowest BCUT2D eigenvalue weighted by molar-refractivity contribution is 0.316. The van der Waals surface area contributed by atoms with Crippen molar-refractivity contribution >= 4 is 34.5 Å². The van der Waals surface area contributed by atoms with E-state index in [4.69, 9.17) is 23.2 Å². The monoisotopic (exact) mass is 286 g/mol. The number of halogens is 2. The summed E-state index contributed by atoms with van der Waals surface area (Å²) >= 11 is 13.6. The third-order valence-corrected chi connectivity index (χ3v) is 3.59. The highest BCUT2D eigenvalue weighted by Gasteiger charge is 2.06. The first-order valence-electron chi connectivity index (χ1n) is 5.14. The van der Waals surface area contributed by atoms with Crippen LogP contribution in [0.2, 0.25) is 10.0 Å². The molecule has 0 aliphatic rings. The molecule has 0 amide bonds. The quantitative estimate of drug-likeness (QED) is 0.842. The van der Waals surface area contributed by atoms with Crippen LogP contribution in [-0.4, -0.2) is 16.9 Å². The van der Waals surface area contributed by atoms with Crippen LogP contribution in [-0.2, 0) is 13.1 Å². The second kappa shape index (κ2) is 5.83. The third-order valence-electron chi connectivity index (χ3n) is 2.37. The molecule has 90 valence electrons. The first-order valence-corrected chi connectivity index (χ1v) is 6.84. The second-order valence-electron chi connectivity index (χ2n) is 3.89. The summed E-state index contributed by atoms with van der Waals surface area (Å²) in [5, 5.41) is 3.43. The van der Waals surface area contributed by atoms with E-state index in [1.807, 2.05) is 24.7 Å². The summed E-state index contributed by atoms with van der Waals surface area (Å²) < 4.78 is 0. The minimum absolute atomic E-state index is 0.668. The summed E-state index contributed by atoms with van der Waals surface area (Å²) in [6, 6.07) is 5.59. The minimum Gasteiger partial charge on any atom is -0.296 e. The van der Waals surface area contributed by atoms with Gasteiger partial charge in [-0.3, -0.25) is 4.90 Å². The molecule has 0 atom stereocenters. The molecule has 5 heteroatoms. The lowest BCUT2D eigenvalue weighted by atomic mass is 10.2. The Morgan fingerprint density at radius 2 is 2.12 bits per heavy atom. The van der Waals surface area contributed by atoms with Crippen LogP contribution in [0.1, 0.15) is 11.3 Å². The molecule has 0 aliphatic carbocycles. The molecular formula is C12H12Cl2N2S. The van der Waals surface area contributed by atoms with Gasteiger partial charge in [0.2, 0.25) is 0 Å². The van der Waals surface area contributed by atoms with Gasteiger partial charge in [-0.15, -0.1) is 11.3 Å². The predicted molar refractivity (Wildman–Crippen MR) is 73.7 cm³/mol. The van der Waals surface area contributed by atoms with Crippen LogP contribution >= 0.6 is 34.5 Å². The summed E-state index contributed by atoms with van der Waals surface area (Å²) in [6.45, 7) is 1.61. The van der Waals surface area contributed by atoms with Crippen molar-refractivity contribution in [2.24, 2.45) is 0 Å². The third kappa shape index (κ3) is 3.68. The largest absolute Gasteiger partial charge is 0.296 e. The van der Waals surface area contributed by atoms with E-state index in [9.17, 15) is 0 Å². The second-order valence-corrected chi connectivity index (χ2v) is 5.45. The number of nitrogens with zero attached hydrogens (tertiary/aromatic N) is 2. The lowest BCUT2D eigenvalue weighted by Gasteiger charge is -2.16. The number of thiazole rings is 1. The van der Waals surface area contributed by atoms with Crippen molar-refractivity contribution in [3.05, 3.63) is 50.4 Å². The molecule has 1 aromatic heterocycles. The van der Waals surface area contributed by atoms with Crippen molar-refractivity contribution in [3.63, 3.8) is 0 Å². The zero-order valence-electron chi connectivity index (χ0n) is 9.36. The average molecular weight is 287 g/mol. The smallest absolute Gasteiger partial charge is 0.0795 e. The van der Waals surface area contributed by atoms with Crippen molar-refractivity contribution in [2.75, 3.05) is 7.05 Å². The first-order chi connectivity index (χ1) is 8.15. The van der Waals surface area contributed by atoms with Crippen LogP contribution in [0, 0.1) is 0 Å². The van der Waals surface area contributed by atoms with Crippen molar-refractivity contribution < 1.29 is 0 Å². The molecule has 0 spiro atoms. The van der Waals surface area contributed by atoms with Gasteiger partial charge in [0.25, 0.3) is 0 Å². The molecule has 0 unspecified atom stereocenters. The summed E-state index contributed by atoms with van der Waals surface area (Å²) in [6.07, 6.45) is 0. The van der Waals surface area contributed by atoms with Gasteiger partial charge in [-0.05, 0) is 24.7 Å². The highest BCUT2D eigenvalue weighted by Crippen LogP contribution is 2.22. The van der Waals surface area contributed by atoms with Gasteiger partial charge in [0.05, 0.1) is 11.2 Å². The summed E-state index contributed by atoms with van der Waals surface area (Å²) in [5.74, 6) is 0. The maximum atomic E-state index is 6.13. The van der Waals surface area contributed by atoms with E-state index in [1.54, 1.807) is 17.4 Å². The maximum Gasteiger partial charge on any atom is 0.0795 e. The fraction of sp³-hybridized carbons (Fsp3) is 0.250. The summed E-state index contributed by atoms with van der Waals surface area (Å²) in [7, 11) is 2.05. The Morgan fingerprint density at radius 1 is 1.29 bits per heavy atom. The van der Waals surface area contributed by atoms with Crippen LogP contribution < -0.4 is 0 Å². The Balaban J connectivity index is 2.00. The molecule has 0 saturated heterocycles. The van der Waals surface area contributed by atoms with Gasteiger partial charge in [0, 0.05) is 28.5 Å².